The summed E-state index contributed by atoms with van der Waals surface area (Å²) in [7, 11) is 0. The van der Waals surface area contributed by atoms with Crippen LogP contribution in [0.25, 0.3) is 17.1 Å². The molecule has 1 aromatic heterocycles. The minimum Gasteiger partial charge on any atom is -0.426 e. The Balaban J connectivity index is 1.38. The van der Waals surface area contributed by atoms with Gasteiger partial charge in [-0.3, -0.25) is 5.32 Å². The Morgan fingerprint density at radius 3 is 2.09 bits per heavy atom. The molecule has 1 fully saturated rings. The number of alkyl halides is 5. The molecule has 5 atom stereocenters. The van der Waals surface area contributed by atoms with E-state index in [4.69, 9.17) is 23.7 Å². The maximum absolute atomic E-state index is 13.1. The number of hydrogen-bond acceptors (Lipinski definition) is 9. The molecular weight excluding hydrogens is 611 g/mol. The maximum Gasteiger partial charge on any atom is 0.499 e. The van der Waals surface area contributed by atoms with E-state index in [-0.39, 0.29) is 5.82 Å². The number of anilines is 1. The molecule has 2 heterocycles. The van der Waals surface area contributed by atoms with Gasteiger partial charge in [-0.25, -0.2) is 14.5 Å². The number of ether oxygens (including phenoxy) is 6. The van der Waals surface area contributed by atoms with Crippen LogP contribution in [0.3, 0.4) is 0 Å². The Hall–Kier alpha value is -3.86. The van der Waals surface area contributed by atoms with Gasteiger partial charge in [0.05, 0.1) is 11.8 Å². The highest BCUT2D eigenvalue weighted by Gasteiger charge is 2.61. The molecule has 0 aliphatic carbocycles. The molecule has 2 aromatic carbocycles. The number of benzene rings is 2. The average molecular weight is 645 g/mol. The zero-order valence-corrected chi connectivity index (χ0v) is 24.8. The monoisotopic (exact) mass is 644 g/mol. The van der Waals surface area contributed by atoms with Crippen LogP contribution in [0.5, 0.6) is 5.75 Å². The SMILES string of the molecule is CCO[C@@H]1[C@@H](OCC)[C@H](C)O[C@@H](OC(=O)Nc2ccc(-c3ncn(-c4ccc(OC(F)(F)C(F)(F)F)cc4)n3)cc2)[C@@H]1OCC. The Labute approximate surface area is 255 Å². The second-order valence-electron chi connectivity index (χ2n) is 9.70. The number of rotatable bonds is 12. The summed E-state index contributed by atoms with van der Waals surface area (Å²) in [5.41, 5.74) is 1.31. The third kappa shape index (κ3) is 8.25. The smallest absolute Gasteiger partial charge is 0.426 e. The summed E-state index contributed by atoms with van der Waals surface area (Å²) in [6.45, 7) is 8.50. The first kappa shape index (κ1) is 34.0. The second kappa shape index (κ2) is 14.5. The van der Waals surface area contributed by atoms with Crippen LogP contribution in [0.2, 0.25) is 0 Å². The number of carbonyl (C=O) groups is 1. The second-order valence-corrected chi connectivity index (χ2v) is 9.70. The van der Waals surface area contributed by atoms with Gasteiger partial charge in [0.2, 0.25) is 6.29 Å². The van der Waals surface area contributed by atoms with Gasteiger partial charge < -0.3 is 28.4 Å². The highest BCUT2D eigenvalue weighted by Crippen LogP contribution is 2.37. The van der Waals surface area contributed by atoms with Crippen LogP contribution in [0.15, 0.2) is 54.9 Å². The quantitative estimate of drug-likeness (QED) is 0.238. The van der Waals surface area contributed by atoms with E-state index in [0.717, 1.165) is 12.1 Å². The number of nitrogens with zero attached hydrogens (tertiary/aromatic N) is 3. The van der Waals surface area contributed by atoms with Gasteiger partial charge in [-0.15, -0.1) is 5.10 Å². The molecule has 0 saturated carbocycles. The lowest BCUT2D eigenvalue weighted by Crippen LogP contribution is -2.60. The number of nitrogens with one attached hydrogen (secondary N) is 1. The Morgan fingerprint density at radius 1 is 0.889 bits per heavy atom. The van der Waals surface area contributed by atoms with Crippen LogP contribution >= 0.6 is 0 Å². The minimum absolute atomic E-state index is 0.281. The summed E-state index contributed by atoms with van der Waals surface area (Å²) in [4.78, 5) is 17.0. The molecule has 1 saturated heterocycles. The van der Waals surface area contributed by atoms with Crippen molar-refractivity contribution in [1.82, 2.24) is 14.8 Å². The lowest BCUT2D eigenvalue weighted by Gasteiger charge is -2.44. The van der Waals surface area contributed by atoms with Gasteiger partial charge in [-0.05, 0) is 76.2 Å². The van der Waals surface area contributed by atoms with Gasteiger partial charge in [0.25, 0.3) is 0 Å². The van der Waals surface area contributed by atoms with Gasteiger partial charge in [-0.2, -0.15) is 22.0 Å². The van der Waals surface area contributed by atoms with Crippen LogP contribution < -0.4 is 10.1 Å². The number of hydrogen-bond donors (Lipinski definition) is 1. The summed E-state index contributed by atoms with van der Waals surface area (Å²) >= 11 is 0. The van der Waals surface area contributed by atoms with Crippen molar-refractivity contribution < 1.29 is 55.2 Å². The van der Waals surface area contributed by atoms with Gasteiger partial charge in [-0.1, -0.05) is 0 Å². The van der Waals surface area contributed by atoms with Crippen molar-refractivity contribution in [3.05, 3.63) is 54.9 Å². The van der Waals surface area contributed by atoms with Gasteiger partial charge in [0.1, 0.15) is 30.4 Å². The van der Waals surface area contributed by atoms with E-state index in [1.54, 1.807) is 31.2 Å². The first-order chi connectivity index (χ1) is 21.4. The van der Waals surface area contributed by atoms with Gasteiger partial charge >= 0.3 is 18.4 Å². The summed E-state index contributed by atoms with van der Waals surface area (Å²) in [5, 5.41) is 6.95. The first-order valence-electron chi connectivity index (χ1n) is 14.1. The highest BCUT2D eigenvalue weighted by molar-refractivity contribution is 5.85. The van der Waals surface area contributed by atoms with Crippen LogP contribution in [-0.2, 0) is 23.7 Å². The van der Waals surface area contributed by atoms with Crippen molar-refractivity contribution in [3.63, 3.8) is 0 Å². The van der Waals surface area contributed by atoms with E-state index in [0.29, 0.717) is 36.8 Å². The molecule has 1 aliphatic rings. The van der Waals surface area contributed by atoms with E-state index in [1.165, 1.54) is 23.1 Å². The largest absolute Gasteiger partial charge is 0.499 e. The molecule has 0 unspecified atom stereocenters. The Kier molecular flexibility index (Phi) is 11.0. The molecular formula is C29H33F5N4O7. The van der Waals surface area contributed by atoms with Gasteiger partial charge in [0, 0.05) is 31.1 Å². The van der Waals surface area contributed by atoms with Crippen LogP contribution in [0, 0.1) is 0 Å². The maximum atomic E-state index is 13.1. The number of carbonyl (C=O) groups excluding carboxylic acids is 1. The van der Waals surface area contributed by atoms with E-state index < -0.39 is 54.8 Å². The molecule has 11 nitrogen and oxygen atoms in total. The van der Waals surface area contributed by atoms with Crippen LogP contribution in [0.1, 0.15) is 27.7 Å². The van der Waals surface area contributed by atoms with E-state index in [9.17, 15) is 26.7 Å². The molecule has 3 aromatic rings. The number of aromatic nitrogens is 3. The van der Waals surface area contributed by atoms with Crippen LogP contribution in [-0.4, -0.2) is 83.7 Å². The predicted octanol–water partition coefficient (Wildman–Crippen LogP) is 5.98. The fourth-order valence-corrected chi connectivity index (χ4v) is 4.59. The van der Waals surface area contributed by atoms with Crippen molar-refractivity contribution in [1.29, 1.82) is 0 Å². The van der Waals surface area contributed by atoms with Crippen LogP contribution in [0.4, 0.5) is 32.4 Å². The molecule has 1 amide bonds. The molecule has 16 heteroatoms. The highest BCUT2D eigenvalue weighted by atomic mass is 19.4. The standard InChI is InChI=1S/C29H33F5N4O7/c1-5-40-22-17(4)43-26(24(42-7-3)23(22)41-6-2)44-27(39)36-19-10-8-18(9-11-19)25-35-16-38(37-25)20-12-14-21(15-13-20)45-29(33,34)28(30,31)32/h8-17,22-24,26H,5-7H2,1-4H3,(H,36,39)/t17-,22-,23+,24+,26-/m0/s1. The molecule has 1 N–H and O–H groups in total. The lowest BCUT2D eigenvalue weighted by atomic mass is 9.99. The molecule has 1 aliphatic heterocycles. The number of amides is 1. The Bertz CT molecular complexity index is 1390. The summed E-state index contributed by atoms with van der Waals surface area (Å²) in [6, 6.07) is 10.9. The Morgan fingerprint density at radius 2 is 1.49 bits per heavy atom. The van der Waals surface area contributed by atoms with E-state index in [2.05, 4.69) is 20.1 Å². The average Bonchev–Trinajstić information content (AvgIpc) is 3.47. The molecule has 4 rings (SSSR count). The van der Waals surface area contributed by atoms with E-state index in [1.807, 2.05) is 20.8 Å². The third-order valence-corrected chi connectivity index (χ3v) is 6.59. The van der Waals surface area contributed by atoms with Crippen molar-refractivity contribution >= 4 is 11.8 Å². The minimum atomic E-state index is -5.85. The normalized spacial score (nSPS) is 22.2. The fourth-order valence-electron chi connectivity index (χ4n) is 4.59. The zero-order chi connectivity index (χ0) is 32.8. The first-order valence-corrected chi connectivity index (χ1v) is 14.1. The molecule has 246 valence electrons. The topological polar surface area (TPSA) is 115 Å². The fraction of sp³-hybridized carbons (Fsp3) is 0.483. The summed E-state index contributed by atoms with van der Waals surface area (Å²) in [6.07, 6.45) is -13.8. The molecule has 0 radical (unpaired) electrons. The molecule has 0 spiro atoms. The summed E-state index contributed by atoms with van der Waals surface area (Å²) < 4.78 is 97.7. The van der Waals surface area contributed by atoms with Crippen molar-refractivity contribution in [2.75, 3.05) is 25.1 Å². The van der Waals surface area contributed by atoms with Gasteiger partial charge in [0.15, 0.2) is 5.82 Å². The third-order valence-electron chi connectivity index (χ3n) is 6.59. The zero-order valence-electron chi connectivity index (χ0n) is 24.8. The van der Waals surface area contributed by atoms with Crippen molar-refractivity contribution in [2.45, 2.75) is 70.7 Å². The predicted molar refractivity (Wildman–Crippen MR) is 149 cm³/mol. The van der Waals surface area contributed by atoms with Crippen molar-refractivity contribution in [2.24, 2.45) is 0 Å². The number of halogens is 5. The van der Waals surface area contributed by atoms with E-state index >= 15 is 0 Å². The summed E-state index contributed by atoms with van der Waals surface area (Å²) in [5.74, 6) is -0.396. The van der Waals surface area contributed by atoms with Crippen molar-refractivity contribution in [3.8, 4) is 22.8 Å². The molecule has 0 bridgehead atoms. The molecule has 45 heavy (non-hydrogen) atoms. The lowest BCUT2D eigenvalue weighted by molar-refractivity contribution is -0.360.